The Kier molecular flexibility index (Phi) is 4.90. The van der Waals surface area contributed by atoms with Crippen LogP contribution in [0.3, 0.4) is 0 Å². The van der Waals surface area contributed by atoms with Crippen LogP contribution in [0, 0.1) is 0 Å². The van der Waals surface area contributed by atoms with Crippen molar-refractivity contribution in [3.05, 3.63) is 23.9 Å². The number of nitrogens with zero attached hydrogens (tertiary/aromatic N) is 2. The maximum Gasteiger partial charge on any atom is 0.335 e. The van der Waals surface area contributed by atoms with Crippen LogP contribution in [-0.4, -0.2) is 42.4 Å². The third-order valence-electron chi connectivity index (χ3n) is 2.26. The van der Waals surface area contributed by atoms with E-state index in [9.17, 15) is 4.79 Å². The quantitative estimate of drug-likeness (QED) is 0.816. The highest BCUT2D eigenvalue weighted by atomic mass is 16.5. The van der Waals surface area contributed by atoms with Crippen molar-refractivity contribution in [2.75, 3.05) is 25.1 Å². The van der Waals surface area contributed by atoms with E-state index < -0.39 is 5.97 Å². The number of carboxylic acids is 1. The van der Waals surface area contributed by atoms with Gasteiger partial charge in [-0.05, 0) is 26.0 Å². The zero-order chi connectivity index (χ0) is 12.8. The summed E-state index contributed by atoms with van der Waals surface area (Å²) in [5.41, 5.74) is 0.242. The summed E-state index contributed by atoms with van der Waals surface area (Å²) in [5, 5.41) is 8.87. The van der Waals surface area contributed by atoms with Gasteiger partial charge in [-0.3, -0.25) is 0 Å². The fraction of sp³-hybridized carbons (Fsp3) is 0.500. The van der Waals surface area contributed by atoms with E-state index in [4.69, 9.17) is 9.84 Å². The summed E-state index contributed by atoms with van der Waals surface area (Å²) in [6, 6.07) is 3.03. The zero-order valence-electron chi connectivity index (χ0n) is 10.4. The van der Waals surface area contributed by atoms with Crippen LogP contribution in [0.4, 0.5) is 5.82 Å². The summed E-state index contributed by atoms with van der Waals surface area (Å²) in [5.74, 6) is -0.308. The van der Waals surface area contributed by atoms with E-state index in [1.165, 1.54) is 12.3 Å². The molecule has 1 heterocycles. The summed E-state index contributed by atoms with van der Waals surface area (Å²) in [6.07, 6.45) is 1.69. The fourth-order valence-electron chi connectivity index (χ4n) is 1.30. The number of carboxylic acid groups (broad SMARTS) is 1. The zero-order valence-corrected chi connectivity index (χ0v) is 10.4. The minimum Gasteiger partial charge on any atom is -0.478 e. The number of aromatic carboxylic acids is 1. The second-order valence-corrected chi connectivity index (χ2v) is 4.05. The Bertz CT molecular complexity index is 380. The van der Waals surface area contributed by atoms with Gasteiger partial charge in [0.15, 0.2) is 0 Å². The molecule has 1 aromatic heterocycles. The largest absolute Gasteiger partial charge is 0.478 e. The smallest absolute Gasteiger partial charge is 0.335 e. The first-order valence-corrected chi connectivity index (χ1v) is 5.53. The first kappa shape index (κ1) is 13.4. The van der Waals surface area contributed by atoms with Gasteiger partial charge in [0.05, 0.1) is 18.3 Å². The molecule has 94 valence electrons. The maximum atomic E-state index is 10.8. The Morgan fingerprint density at radius 3 is 2.88 bits per heavy atom. The highest BCUT2D eigenvalue weighted by Crippen LogP contribution is 2.10. The van der Waals surface area contributed by atoms with Crippen LogP contribution < -0.4 is 4.90 Å². The lowest BCUT2D eigenvalue weighted by Gasteiger charge is -2.19. The van der Waals surface area contributed by atoms with Crippen molar-refractivity contribution >= 4 is 11.8 Å². The van der Waals surface area contributed by atoms with Crippen LogP contribution >= 0.6 is 0 Å². The van der Waals surface area contributed by atoms with Gasteiger partial charge in [-0.15, -0.1) is 0 Å². The molecule has 0 saturated heterocycles. The van der Waals surface area contributed by atoms with Crippen LogP contribution in [0.5, 0.6) is 0 Å². The highest BCUT2D eigenvalue weighted by molar-refractivity contribution is 5.88. The van der Waals surface area contributed by atoms with Gasteiger partial charge in [-0.25, -0.2) is 9.78 Å². The van der Waals surface area contributed by atoms with Gasteiger partial charge in [-0.2, -0.15) is 0 Å². The van der Waals surface area contributed by atoms with Crippen LogP contribution in [0.1, 0.15) is 24.2 Å². The summed E-state index contributed by atoms with van der Waals surface area (Å²) in [7, 11) is 1.86. The molecule has 0 saturated carbocycles. The third kappa shape index (κ3) is 4.40. The molecule has 0 amide bonds. The summed E-state index contributed by atoms with van der Waals surface area (Å²) in [6.45, 7) is 5.22. The summed E-state index contributed by atoms with van der Waals surface area (Å²) >= 11 is 0. The number of likely N-dealkylation sites (N-methyl/N-ethyl adjacent to an activating group) is 1. The van der Waals surface area contributed by atoms with E-state index in [2.05, 4.69) is 4.98 Å². The van der Waals surface area contributed by atoms with E-state index >= 15 is 0 Å². The number of hydrogen-bond donors (Lipinski definition) is 1. The van der Waals surface area contributed by atoms with Crippen LogP contribution in [0.2, 0.25) is 0 Å². The molecule has 5 heteroatoms. The average Bonchev–Trinajstić information content (AvgIpc) is 2.28. The van der Waals surface area contributed by atoms with E-state index in [0.29, 0.717) is 19.0 Å². The third-order valence-corrected chi connectivity index (χ3v) is 2.26. The SMILES string of the molecule is CC(C)OCCN(C)c1cc(C(=O)O)ccn1. The Balaban J connectivity index is 2.59. The molecule has 0 aliphatic heterocycles. The van der Waals surface area contributed by atoms with Gasteiger partial charge >= 0.3 is 5.97 Å². The lowest BCUT2D eigenvalue weighted by atomic mass is 10.2. The highest BCUT2D eigenvalue weighted by Gasteiger charge is 2.07. The van der Waals surface area contributed by atoms with Gasteiger partial charge in [0, 0.05) is 19.8 Å². The number of ether oxygens (including phenoxy) is 1. The fourth-order valence-corrected chi connectivity index (χ4v) is 1.30. The van der Waals surface area contributed by atoms with Gasteiger partial charge in [0.2, 0.25) is 0 Å². The Morgan fingerprint density at radius 1 is 1.59 bits per heavy atom. The molecule has 0 aliphatic carbocycles. The molecular weight excluding hydrogens is 220 g/mol. The van der Waals surface area contributed by atoms with Crippen molar-refractivity contribution in [2.45, 2.75) is 20.0 Å². The first-order valence-electron chi connectivity index (χ1n) is 5.53. The average molecular weight is 238 g/mol. The number of anilines is 1. The molecule has 17 heavy (non-hydrogen) atoms. The lowest BCUT2D eigenvalue weighted by Crippen LogP contribution is -2.24. The van der Waals surface area contributed by atoms with Crippen LogP contribution in [0.25, 0.3) is 0 Å². The molecule has 5 nitrogen and oxygen atoms in total. The first-order chi connectivity index (χ1) is 8.00. The molecule has 0 spiro atoms. The predicted molar refractivity (Wildman–Crippen MR) is 65.6 cm³/mol. The second kappa shape index (κ2) is 6.20. The summed E-state index contributed by atoms with van der Waals surface area (Å²) < 4.78 is 5.43. The van der Waals surface area contributed by atoms with E-state index in [-0.39, 0.29) is 11.7 Å². The van der Waals surface area contributed by atoms with Crippen molar-refractivity contribution in [2.24, 2.45) is 0 Å². The number of rotatable bonds is 6. The molecule has 1 N–H and O–H groups in total. The molecule has 0 fully saturated rings. The van der Waals surface area contributed by atoms with Crippen molar-refractivity contribution in [1.82, 2.24) is 4.98 Å². The van der Waals surface area contributed by atoms with Gasteiger partial charge in [0.25, 0.3) is 0 Å². The lowest BCUT2D eigenvalue weighted by molar-refractivity contribution is 0.0697. The van der Waals surface area contributed by atoms with E-state index in [1.807, 2.05) is 25.8 Å². The Labute approximate surface area is 101 Å². The predicted octanol–water partition coefficient (Wildman–Crippen LogP) is 1.64. The normalized spacial score (nSPS) is 10.6. The molecule has 0 unspecified atom stereocenters. The summed E-state index contributed by atoms with van der Waals surface area (Å²) in [4.78, 5) is 16.8. The van der Waals surface area contributed by atoms with Gasteiger partial charge in [-0.1, -0.05) is 0 Å². The number of pyridine rings is 1. The van der Waals surface area contributed by atoms with E-state index in [0.717, 1.165) is 0 Å². The molecule has 0 bridgehead atoms. The molecule has 0 aliphatic rings. The Morgan fingerprint density at radius 2 is 2.29 bits per heavy atom. The number of carbonyl (C=O) groups is 1. The van der Waals surface area contributed by atoms with Crippen molar-refractivity contribution in [1.29, 1.82) is 0 Å². The monoisotopic (exact) mass is 238 g/mol. The van der Waals surface area contributed by atoms with Crippen molar-refractivity contribution < 1.29 is 14.6 Å². The topological polar surface area (TPSA) is 62.7 Å². The van der Waals surface area contributed by atoms with Gasteiger partial charge < -0.3 is 14.7 Å². The standard InChI is InChI=1S/C12H18N2O3/c1-9(2)17-7-6-14(3)11-8-10(12(15)16)4-5-13-11/h4-5,8-9H,6-7H2,1-3H3,(H,15,16). The van der Waals surface area contributed by atoms with Crippen molar-refractivity contribution in [3.63, 3.8) is 0 Å². The molecule has 0 radical (unpaired) electrons. The van der Waals surface area contributed by atoms with Crippen LogP contribution in [0.15, 0.2) is 18.3 Å². The molecule has 1 rings (SSSR count). The molecular formula is C12H18N2O3. The Hall–Kier alpha value is -1.62. The maximum absolute atomic E-state index is 10.8. The molecule has 1 aromatic rings. The number of aromatic nitrogens is 1. The molecule has 0 atom stereocenters. The van der Waals surface area contributed by atoms with Gasteiger partial charge in [0.1, 0.15) is 5.82 Å². The van der Waals surface area contributed by atoms with Crippen LogP contribution in [-0.2, 0) is 4.74 Å². The van der Waals surface area contributed by atoms with Crippen molar-refractivity contribution in [3.8, 4) is 0 Å². The minimum atomic E-state index is -0.944. The second-order valence-electron chi connectivity index (χ2n) is 4.05. The van der Waals surface area contributed by atoms with E-state index in [1.54, 1.807) is 6.07 Å². The minimum absolute atomic E-state index is 0.196. The molecule has 0 aromatic carbocycles. The number of hydrogen-bond acceptors (Lipinski definition) is 4.